The second-order valence-electron chi connectivity index (χ2n) is 6.41. The Kier molecular flexibility index (Phi) is 4.55. The van der Waals surface area contributed by atoms with Crippen LogP contribution in [-0.4, -0.2) is 14.7 Å². The standard InChI is InChI=1S/C19H18N2O4S/c22-16-9-13(25-10-17(16)23)11-26-19-20-15-8-4-3-7-14(15)18(24)21(19)12-5-1-2-6-12/h3-4,7-10,12,23H,1-2,5-6,11H2. The fourth-order valence-corrected chi connectivity index (χ4v) is 4.32. The van der Waals surface area contributed by atoms with Gasteiger partial charge in [0, 0.05) is 12.1 Å². The van der Waals surface area contributed by atoms with Gasteiger partial charge in [-0.15, -0.1) is 0 Å². The van der Waals surface area contributed by atoms with Gasteiger partial charge in [-0.05, 0) is 25.0 Å². The maximum absolute atomic E-state index is 13.0. The van der Waals surface area contributed by atoms with E-state index in [9.17, 15) is 14.7 Å². The molecule has 6 nitrogen and oxygen atoms in total. The number of fused-ring (bicyclic) bond motifs is 1. The van der Waals surface area contributed by atoms with E-state index in [-0.39, 0.29) is 11.6 Å². The first-order chi connectivity index (χ1) is 12.6. The highest BCUT2D eigenvalue weighted by Gasteiger charge is 2.23. The third-order valence-electron chi connectivity index (χ3n) is 4.68. The molecule has 0 bridgehead atoms. The number of aromatic hydroxyl groups is 1. The van der Waals surface area contributed by atoms with Crippen LogP contribution in [-0.2, 0) is 5.75 Å². The highest BCUT2D eigenvalue weighted by Crippen LogP contribution is 2.33. The molecule has 3 aromatic rings. The third-order valence-corrected chi connectivity index (χ3v) is 5.65. The van der Waals surface area contributed by atoms with Gasteiger partial charge in [-0.1, -0.05) is 36.7 Å². The summed E-state index contributed by atoms with van der Waals surface area (Å²) in [7, 11) is 0. The molecule has 26 heavy (non-hydrogen) atoms. The summed E-state index contributed by atoms with van der Waals surface area (Å²) in [4.78, 5) is 29.3. The van der Waals surface area contributed by atoms with Crippen molar-refractivity contribution in [1.82, 2.24) is 9.55 Å². The second kappa shape index (κ2) is 6.99. The summed E-state index contributed by atoms with van der Waals surface area (Å²) in [6.07, 6.45) is 5.21. The summed E-state index contributed by atoms with van der Waals surface area (Å²) in [5.74, 6) is 0.371. The maximum Gasteiger partial charge on any atom is 0.262 e. The molecule has 0 radical (unpaired) electrons. The second-order valence-corrected chi connectivity index (χ2v) is 7.35. The molecule has 4 rings (SSSR count). The molecule has 2 heterocycles. The lowest BCUT2D eigenvalue weighted by atomic mass is 10.2. The Balaban J connectivity index is 1.74. The van der Waals surface area contributed by atoms with Gasteiger partial charge in [0.05, 0.1) is 16.7 Å². The Morgan fingerprint density at radius 2 is 2.00 bits per heavy atom. The molecule has 0 aliphatic heterocycles. The summed E-state index contributed by atoms with van der Waals surface area (Å²) in [6.45, 7) is 0. The summed E-state index contributed by atoms with van der Waals surface area (Å²) in [6, 6.07) is 8.78. The SMILES string of the molecule is O=c1cc(CSc2nc3ccccc3c(=O)n2C2CCCC2)occ1O. The molecule has 7 heteroatoms. The molecule has 1 saturated carbocycles. The Labute approximate surface area is 153 Å². The third kappa shape index (κ3) is 3.14. The first kappa shape index (κ1) is 16.9. The molecular formula is C19H18N2O4S. The molecule has 0 atom stereocenters. The number of benzene rings is 1. The van der Waals surface area contributed by atoms with Crippen LogP contribution in [0.3, 0.4) is 0 Å². The lowest BCUT2D eigenvalue weighted by Crippen LogP contribution is -2.26. The first-order valence-corrected chi connectivity index (χ1v) is 9.57. The molecule has 0 amide bonds. The van der Waals surface area contributed by atoms with Crippen LogP contribution in [0.4, 0.5) is 0 Å². The van der Waals surface area contributed by atoms with Crippen molar-refractivity contribution in [2.75, 3.05) is 0 Å². The minimum Gasteiger partial charge on any atom is -0.502 e. The van der Waals surface area contributed by atoms with E-state index >= 15 is 0 Å². The van der Waals surface area contributed by atoms with E-state index in [1.54, 1.807) is 4.57 Å². The van der Waals surface area contributed by atoms with Crippen molar-refractivity contribution in [3.05, 3.63) is 62.9 Å². The molecule has 0 unspecified atom stereocenters. The van der Waals surface area contributed by atoms with E-state index in [0.29, 0.717) is 27.6 Å². The molecule has 1 aliphatic rings. The largest absolute Gasteiger partial charge is 0.502 e. The fraction of sp³-hybridized carbons (Fsp3) is 0.316. The zero-order valence-corrected chi connectivity index (χ0v) is 14.9. The zero-order valence-electron chi connectivity index (χ0n) is 14.1. The van der Waals surface area contributed by atoms with Gasteiger partial charge >= 0.3 is 0 Å². The normalized spacial score (nSPS) is 14.9. The number of nitrogens with zero attached hydrogens (tertiary/aromatic N) is 2. The molecule has 1 fully saturated rings. The number of para-hydroxylation sites is 1. The average molecular weight is 370 g/mol. The first-order valence-electron chi connectivity index (χ1n) is 8.58. The van der Waals surface area contributed by atoms with Crippen molar-refractivity contribution >= 4 is 22.7 Å². The quantitative estimate of drug-likeness (QED) is 0.559. The van der Waals surface area contributed by atoms with E-state index in [2.05, 4.69) is 0 Å². The summed E-state index contributed by atoms with van der Waals surface area (Å²) < 4.78 is 7.06. The van der Waals surface area contributed by atoms with Gasteiger partial charge in [0.25, 0.3) is 5.56 Å². The van der Waals surface area contributed by atoms with Crippen molar-refractivity contribution < 1.29 is 9.52 Å². The fourth-order valence-electron chi connectivity index (χ4n) is 3.37. The molecular weight excluding hydrogens is 352 g/mol. The molecule has 1 aliphatic carbocycles. The number of thioether (sulfide) groups is 1. The Morgan fingerprint density at radius 3 is 2.77 bits per heavy atom. The van der Waals surface area contributed by atoms with Crippen molar-refractivity contribution in [3.8, 4) is 5.75 Å². The number of rotatable bonds is 4. The maximum atomic E-state index is 13.0. The summed E-state index contributed by atoms with van der Waals surface area (Å²) in [5, 5.41) is 10.6. The van der Waals surface area contributed by atoms with E-state index in [0.717, 1.165) is 31.9 Å². The van der Waals surface area contributed by atoms with Crippen molar-refractivity contribution in [2.24, 2.45) is 0 Å². The highest BCUT2D eigenvalue weighted by molar-refractivity contribution is 7.98. The van der Waals surface area contributed by atoms with Crippen LogP contribution in [0, 0.1) is 0 Å². The number of aromatic nitrogens is 2. The Hall–Kier alpha value is -2.54. The van der Waals surface area contributed by atoms with E-state index < -0.39 is 11.2 Å². The van der Waals surface area contributed by atoms with Crippen LogP contribution >= 0.6 is 11.8 Å². The summed E-state index contributed by atoms with van der Waals surface area (Å²) in [5.41, 5.74) is 0.171. The van der Waals surface area contributed by atoms with Crippen LogP contribution in [0.15, 0.2) is 55.8 Å². The van der Waals surface area contributed by atoms with Gasteiger partial charge in [0.15, 0.2) is 10.9 Å². The van der Waals surface area contributed by atoms with Crippen LogP contribution in [0.5, 0.6) is 5.75 Å². The predicted octanol–water partition coefficient (Wildman–Crippen LogP) is 3.46. The van der Waals surface area contributed by atoms with Gasteiger partial charge in [-0.25, -0.2) is 4.98 Å². The smallest absolute Gasteiger partial charge is 0.262 e. The average Bonchev–Trinajstić information content (AvgIpc) is 3.17. The molecule has 2 aromatic heterocycles. The highest BCUT2D eigenvalue weighted by atomic mass is 32.2. The van der Waals surface area contributed by atoms with Gasteiger partial charge in [0.2, 0.25) is 5.43 Å². The van der Waals surface area contributed by atoms with Crippen molar-refractivity contribution in [1.29, 1.82) is 0 Å². The van der Waals surface area contributed by atoms with Crippen molar-refractivity contribution in [3.63, 3.8) is 0 Å². The van der Waals surface area contributed by atoms with Crippen LogP contribution in [0.2, 0.25) is 0 Å². The van der Waals surface area contributed by atoms with Crippen molar-refractivity contribution in [2.45, 2.75) is 42.6 Å². The Bertz CT molecular complexity index is 1070. The Morgan fingerprint density at radius 1 is 1.23 bits per heavy atom. The zero-order chi connectivity index (χ0) is 18.1. The summed E-state index contributed by atoms with van der Waals surface area (Å²) >= 11 is 1.37. The van der Waals surface area contributed by atoms with E-state index in [4.69, 9.17) is 9.40 Å². The van der Waals surface area contributed by atoms with Crippen LogP contribution in [0.25, 0.3) is 10.9 Å². The van der Waals surface area contributed by atoms with Gasteiger partial charge in [-0.2, -0.15) is 0 Å². The van der Waals surface area contributed by atoms with Gasteiger partial charge in [0.1, 0.15) is 12.0 Å². The molecule has 0 saturated heterocycles. The minimum atomic E-state index is -0.480. The predicted molar refractivity (Wildman–Crippen MR) is 99.7 cm³/mol. The monoisotopic (exact) mass is 370 g/mol. The van der Waals surface area contributed by atoms with Gasteiger partial charge in [-0.3, -0.25) is 14.2 Å². The van der Waals surface area contributed by atoms with Crippen LogP contribution < -0.4 is 11.0 Å². The molecule has 1 aromatic carbocycles. The molecule has 0 spiro atoms. The topological polar surface area (TPSA) is 85.3 Å². The van der Waals surface area contributed by atoms with E-state index in [1.165, 1.54) is 17.8 Å². The minimum absolute atomic E-state index is 0.0165. The number of hydrogen-bond acceptors (Lipinski definition) is 6. The molecule has 1 N–H and O–H groups in total. The van der Waals surface area contributed by atoms with Crippen LogP contribution in [0.1, 0.15) is 37.5 Å². The number of hydrogen-bond donors (Lipinski definition) is 1. The molecule has 134 valence electrons. The lowest BCUT2D eigenvalue weighted by molar-refractivity contribution is 0.419. The van der Waals surface area contributed by atoms with E-state index in [1.807, 2.05) is 24.3 Å². The van der Waals surface area contributed by atoms with Gasteiger partial charge < -0.3 is 9.52 Å². The lowest BCUT2D eigenvalue weighted by Gasteiger charge is -2.18.